The second-order valence-electron chi connectivity index (χ2n) is 4.44. The molecule has 0 atom stereocenters. The molecule has 0 bridgehead atoms. The first-order valence-corrected chi connectivity index (χ1v) is 5.40. The molecule has 0 unspecified atom stereocenters. The van der Waals surface area contributed by atoms with Crippen LogP contribution in [-0.2, 0) is 0 Å². The van der Waals surface area contributed by atoms with Crippen LogP contribution in [0.4, 0.5) is 0 Å². The van der Waals surface area contributed by atoms with Gasteiger partial charge in [-0.3, -0.25) is 0 Å². The van der Waals surface area contributed by atoms with E-state index in [1.54, 1.807) is 0 Å². The second-order valence-corrected chi connectivity index (χ2v) is 4.44. The monoisotopic (exact) mass is 194 g/mol. The van der Waals surface area contributed by atoms with Gasteiger partial charge >= 0.3 is 0 Å². The topological polar surface area (TPSA) is 38.0 Å². The Morgan fingerprint density at radius 1 is 1.36 bits per heavy atom. The van der Waals surface area contributed by atoms with Gasteiger partial charge in [-0.1, -0.05) is 18.6 Å². The maximum absolute atomic E-state index is 6.15. The molecule has 1 aliphatic heterocycles. The molecule has 1 rings (SSSR count). The van der Waals surface area contributed by atoms with Gasteiger partial charge in [0, 0.05) is 11.1 Å². The van der Waals surface area contributed by atoms with Crippen LogP contribution in [0.1, 0.15) is 33.6 Å². The third kappa shape index (κ3) is 2.61. The van der Waals surface area contributed by atoms with Crippen molar-refractivity contribution in [1.82, 2.24) is 5.32 Å². The van der Waals surface area contributed by atoms with Crippen molar-refractivity contribution in [3.8, 4) is 0 Å². The van der Waals surface area contributed by atoms with Crippen LogP contribution >= 0.6 is 0 Å². The molecule has 0 saturated carbocycles. The summed E-state index contributed by atoms with van der Waals surface area (Å²) in [5.41, 5.74) is 8.64. The summed E-state index contributed by atoms with van der Waals surface area (Å²) in [6, 6.07) is 0. The number of rotatable bonds is 2. The highest BCUT2D eigenvalue weighted by Crippen LogP contribution is 2.33. The van der Waals surface area contributed by atoms with Gasteiger partial charge in [0.1, 0.15) is 0 Å². The van der Waals surface area contributed by atoms with E-state index in [0.717, 1.165) is 31.6 Å². The van der Waals surface area contributed by atoms with Crippen molar-refractivity contribution in [2.45, 2.75) is 33.6 Å². The van der Waals surface area contributed by atoms with Gasteiger partial charge in [-0.15, -0.1) is 0 Å². The maximum atomic E-state index is 6.15. The molecule has 1 heterocycles. The Hall–Kier alpha value is -0.760. The molecule has 14 heavy (non-hydrogen) atoms. The standard InChI is InChI=1S/C12H22N2/c1-4-10(2)9-11(13)12(3)5-7-14-8-6-12/h4,9,14H,5-8,13H2,1-3H3/b10-4-,11-9-. The van der Waals surface area contributed by atoms with Crippen LogP contribution in [0.5, 0.6) is 0 Å². The normalized spacial score (nSPS) is 23.6. The van der Waals surface area contributed by atoms with Gasteiger partial charge < -0.3 is 11.1 Å². The number of nitrogens with two attached hydrogens (primary N) is 1. The predicted octanol–water partition coefficient (Wildman–Crippen LogP) is 2.18. The lowest BCUT2D eigenvalue weighted by atomic mass is 9.77. The zero-order valence-electron chi connectivity index (χ0n) is 9.56. The molecular weight excluding hydrogens is 172 g/mol. The minimum atomic E-state index is 0.204. The smallest absolute Gasteiger partial charge is 0.0144 e. The van der Waals surface area contributed by atoms with Crippen molar-refractivity contribution in [1.29, 1.82) is 0 Å². The van der Waals surface area contributed by atoms with E-state index < -0.39 is 0 Å². The Balaban J connectivity index is 2.75. The predicted molar refractivity (Wildman–Crippen MR) is 61.9 cm³/mol. The van der Waals surface area contributed by atoms with Gasteiger partial charge in [0.15, 0.2) is 0 Å². The van der Waals surface area contributed by atoms with Gasteiger partial charge in [0.2, 0.25) is 0 Å². The van der Waals surface area contributed by atoms with Crippen LogP contribution in [0.3, 0.4) is 0 Å². The molecule has 3 N–H and O–H groups in total. The Kier molecular flexibility index (Phi) is 3.76. The van der Waals surface area contributed by atoms with Crippen LogP contribution in [-0.4, -0.2) is 13.1 Å². The lowest BCUT2D eigenvalue weighted by molar-refractivity contribution is 0.279. The van der Waals surface area contributed by atoms with Gasteiger partial charge in [0.05, 0.1) is 0 Å². The summed E-state index contributed by atoms with van der Waals surface area (Å²) in [6.45, 7) is 8.57. The molecule has 0 aromatic rings. The molecule has 0 aliphatic carbocycles. The first-order valence-electron chi connectivity index (χ1n) is 5.40. The molecule has 80 valence electrons. The van der Waals surface area contributed by atoms with Crippen molar-refractivity contribution in [3.05, 3.63) is 23.4 Å². The summed E-state index contributed by atoms with van der Waals surface area (Å²) in [4.78, 5) is 0. The van der Waals surface area contributed by atoms with E-state index >= 15 is 0 Å². The number of hydrogen-bond acceptors (Lipinski definition) is 2. The lowest BCUT2D eigenvalue weighted by Crippen LogP contribution is -2.38. The van der Waals surface area contributed by atoms with E-state index in [1.165, 1.54) is 5.57 Å². The van der Waals surface area contributed by atoms with E-state index in [2.05, 4.69) is 31.3 Å². The molecular formula is C12H22N2. The summed E-state index contributed by atoms with van der Waals surface area (Å²) in [6.07, 6.45) is 6.50. The quantitative estimate of drug-likeness (QED) is 0.661. The van der Waals surface area contributed by atoms with Crippen LogP contribution in [0, 0.1) is 5.41 Å². The minimum Gasteiger partial charge on any atom is -0.402 e. The molecule has 2 nitrogen and oxygen atoms in total. The zero-order chi connectivity index (χ0) is 10.6. The van der Waals surface area contributed by atoms with Crippen LogP contribution in [0.25, 0.3) is 0 Å². The fourth-order valence-electron chi connectivity index (χ4n) is 1.77. The van der Waals surface area contributed by atoms with Crippen molar-refractivity contribution in [2.75, 3.05) is 13.1 Å². The fourth-order valence-corrected chi connectivity index (χ4v) is 1.77. The fraction of sp³-hybridized carbons (Fsp3) is 0.667. The molecule has 0 aromatic heterocycles. The van der Waals surface area contributed by atoms with Crippen LogP contribution in [0.2, 0.25) is 0 Å². The Labute approximate surface area is 87.3 Å². The summed E-state index contributed by atoms with van der Waals surface area (Å²) in [5, 5.41) is 3.36. The van der Waals surface area contributed by atoms with Crippen LogP contribution in [0.15, 0.2) is 23.4 Å². The summed E-state index contributed by atoms with van der Waals surface area (Å²) in [5.74, 6) is 0. The van der Waals surface area contributed by atoms with E-state index in [-0.39, 0.29) is 5.41 Å². The minimum absolute atomic E-state index is 0.204. The Bertz CT molecular complexity index is 245. The van der Waals surface area contributed by atoms with E-state index in [1.807, 2.05) is 6.92 Å². The average molecular weight is 194 g/mol. The number of nitrogens with one attached hydrogen (secondary N) is 1. The van der Waals surface area contributed by atoms with E-state index in [0.29, 0.717) is 0 Å². The molecule has 0 aromatic carbocycles. The third-order valence-electron chi connectivity index (χ3n) is 3.24. The second kappa shape index (κ2) is 4.65. The summed E-state index contributed by atoms with van der Waals surface area (Å²) >= 11 is 0. The average Bonchev–Trinajstić information content (AvgIpc) is 2.18. The summed E-state index contributed by atoms with van der Waals surface area (Å²) in [7, 11) is 0. The number of hydrogen-bond donors (Lipinski definition) is 2. The molecule has 1 saturated heterocycles. The highest BCUT2D eigenvalue weighted by atomic mass is 14.9. The SMILES string of the molecule is C/C=C(C)\C=C(/N)C1(C)CCNCC1. The highest BCUT2D eigenvalue weighted by molar-refractivity contribution is 5.24. The highest BCUT2D eigenvalue weighted by Gasteiger charge is 2.28. The number of piperidine rings is 1. The first-order chi connectivity index (χ1) is 6.58. The first kappa shape index (κ1) is 11.3. The van der Waals surface area contributed by atoms with Gasteiger partial charge in [0.25, 0.3) is 0 Å². The summed E-state index contributed by atoms with van der Waals surface area (Å²) < 4.78 is 0. The van der Waals surface area contributed by atoms with Crippen LogP contribution < -0.4 is 11.1 Å². The van der Waals surface area contributed by atoms with Crippen molar-refractivity contribution < 1.29 is 0 Å². The zero-order valence-corrected chi connectivity index (χ0v) is 9.56. The van der Waals surface area contributed by atoms with Gasteiger partial charge in [-0.25, -0.2) is 0 Å². The van der Waals surface area contributed by atoms with Crippen molar-refractivity contribution in [3.63, 3.8) is 0 Å². The lowest BCUT2D eigenvalue weighted by Gasteiger charge is -2.34. The third-order valence-corrected chi connectivity index (χ3v) is 3.24. The molecule has 0 amide bonds. The molecule has 0 spiro atoms. The van der Waals surface area contributed by atoms with Gasteiger partial charge in [-0.2, -0.15) is 0 Å². The Morgan fingerprint density at radius 2 is 1.93 bits per heavy atom. The van der Waals surface area contributed by atoms with Gasteiger partial charge in [-0.05, 0) is 45.9 Å². The Morgan fingerprint density at radius 3 is 2.43 bits per heavy atom. The molecule has 0 radical (unpaired) electrons. The maximum Gasteiger partial charge on any atom is 0.0144 e. The van der Waals surface area contributed by atoms with E-state index in [4.69, 9.17) is 5.73 Å². The molecule has 2 heteroatoms. The van der Waals surface area contributed by atoms with Crippen molar-refractivity contribution in [2.24, 2.45) is 11.1 Å². The number of allylic oxidation sites excluding steroid dienone is 4. The van der Waals surface area contributed by atoms with E-state index in [9.17, 15) is 0 Å². The molecule has 1 aliphatic rings. The van der Waals surface area contributed by atoms with Crippen molar-refractivity contribution >= 4 is 0 Å². The molecule has 1 fully saturated rings. The largest absolute Gasteiger partial charge is 0.402 e.